The molecule has 0 aliphatic carbocycles. The lowest BCUT2D eigenvalue weighted by Crippen LogP contribution is -2.57. The van der Waals surface area contributed by atoms with Gasteiger partial charge in [-0.15, -0.1) is 0 Å². The summed E-state index contributed by atoms with van der Waals surface area (Å²) in [4.78, 5) is 17.8. The minimum atomic E-state index is -3.03. The van der Waals surface area contributed by atoms with E-state index in [1.54, 1.807) is 24.1 Å². The van der Waals surface area contributed by atoms with Crippen LogP contribution in [0.5, 0.6) is 0 Å². The van der Waals surface area contributed by atoms with E-state index in [0.29, 0.717) is 37.1 Å². The zero-order valence-corrected chi connectivity index (χ0v) is 25.7. The first-order chi connectivity index (χ1) is 19.9. The monoisotopic (exact) mass is 600 g/mol. The van der Waals surface area contributed by atoms with Gasteiger partial charge in [-0.2, -0.15) is 4.98 Å². The molecule has 0 radical (unpaired) electrons. The first-order valence-electron chi connectivity index (χ1n) is 14.6. The summed E-state index contributed by atoms with van der Waals surface area (Å²) in [6, 6.07) is 8.16. The third-order valence-electron chi connectivity index (χ3n) is 8.18. The molecule has 42 heavy (non-hydrogen) atoms. The van der Waals surface area contributed by atoms with E-state index < -0.39 is 28.2 Å². The molecule has 0 spiro atoms. The Morgan fingerprint density at radius 3 is 2.60 bits per heavy atom. The van der Waals surface area contributed by atoms with Crippen LogP contribution in [-0.2, 0) is 14.6 Å². The third-order valence-corrected chi connectivity index (χ3v) is 9.21. The maximum atomic E-state index is 14.8. The van der Waals surface area contributed by atoms with E-state index >= 15 is 0 Å². The number of sulfone groups is 1. The van der Waals surface area contributed by atoms with Crippen molar-refractivity contribution in [2.24, 2.45) is 5.92 Å². The van der Waals surface area contributed by atoms with Crippen molar-refractivity contribution >= 4 is 43.9 Å². The van der Waals surface area contributed by atoms with Crippen molar-refractivity contribution in [3.63, 3.8) is 0 Å². The van der Waals surface area contributed by atoms with E-state index in [9.17, 15) is 17.9 Å². The van der Waals surface area contributed by atoms with Crippen LogP contribution in [-0.4, -0.2) is 91.1 Å². The molecular formula is C30H41FN6O4S. The van der Waals surface area contributed by atoms with Crippen molar-refractivity contribution in [2.75, 3.05) is 53.4 Å². The molecule has 12 heteroatoms. The highest BCUT2D eigenvalue weighted by Crippen LogP contribution is 2.39. The van der Waals surface area contributed by atoms with Gasteiger partial charge < -0.3 is 25.0 Å². The molecule has 1 aromatic carbocycles. The smallest absolute Gasteiger partial charge is 0.227 e. The van der Waals surface area contributed by atoms with Crippen LogP contribution >= 0.6 is 0 Å². The maximum absolute atomic E-state index is 14.8. The predicted octanol–water partition coefficient (Wildman–Crippen LogP) is 4.08. The van der Waals surface area contributed by atoms with Crippen LogP contribution in [0.15, 0.2) is 36.7 Å². The molecule has 10 nitrogen and oxygen atoms in total. The van der Waals surface area contributed by atoms with Gasteiger partial charge in [0.15, 0.2) is 0 Å². The van der Waals surface area contributed by atoms with Crippen molar-refractivity contribution in [1.82, 2.24) is 15.0 Å². The Morgan fingerprint density at radius 1 is 1.14 bits per heavy atom. The lowest BCUT2D eigenvalue weighted by Gasteiger charge is -2.48. The summed E-state index contributed by atoms with van der Waals surface area (Å²) < 4.78 is 44.0. The summed E-state index contributed by atoms with van der Waals surface area (Å²) in [5, 5.41) is 14.8. The zero-order valence-electron chi connectivity index (χ0n) is 24.9. The number of rotatable bonds is 10. The Morgan fingerprint density at radius 2 is 1.93 bits per heavy atom. The molecule has 0 unspecified atom stereocenters. The van der Waals surface area contributed by atoms with Gasteiger partial charge in [0.25, 0.3) is 0 Å². The molecule has 2 N–H and O–H groups in total. The summed E-state index contributed by atoms with van der Waals surface area (Å²) in [5.41, 5.74) is 2.25. The van der Waals surface area contributed by atoms with Crippen LogP contribution < -0.4 is 15.1 Å². The quantitative estimate of drug-likeness (QED) is 0.352. The van der Waals surface area contributed by atoms with Gasteiger partial charge in [0.2, 0.25) is 5.95 Å². The number of nitrogens with zero attached hydrogens (tertiary/aromatic N) is 5. The fourth-order valence-corrected chi connectivity index (χ4v) is 7.03. The number of aliphatic hydroxyl groups excluding tert-OH is 1. The molecule has 2 fully saturated rings. The molecule has 2 aromatic heterocycles. The van der Waals surface area contributed by atoms with E-state index in [0.717, 1.165) is 16.5 Å². The number of benzene rings is 1. The van der Waals surface area contributed by atoms with Crippen molar-refractivity contribution in [3.05, 3.63) is 42.2 Å². The molecule has 0 saturated carbocycles. The lowest BCUT2D eigenvalue weighted by atomic mass is 9.88. The van der Waals surface area contributed by atoms with Crippen LogP contribution in [0.3, 0.4) is 0 Å². The molecule has 5 atom stereocenters. The second-order valence-electron chi connectivity index (χ2n) is 12.0. The van der Waals surface area contributed by atoms with E-state index in [2.05, 4.69) is 53.1 Å². The largest absolute Gasteiger partial charge is 0.391 e. The molecule has 0 bridgehead atoms. The number of pyridine rings is 1. The first kappa shape index (κ1) is 30.4. The van der Waals surface area contributed by atoms with Gasteiger partial charge in [-0.3, -0.25) is 0 Å². The van der Waals surface area contributed by atoms with Gasteiger partial charge in [0.05, 0.1) is 31.1 Å². The van der Waals surface area contributed by atoms with E-state index in [-0.39, 0.29) is 36.8 Å². The minimum Gasteiger partial charge on any atom is -0.391 e. The Labute approximate surface area is 247 Å². The van der Waals surface area contributed by atoms with Gasteiger partial charge in [-0.1, -0.05) is 19.9 Å². The first-order valence-corrected chi connectivity index (χ1v) is 16.6. The number of piperidine rings is 1. The number of hydrogen-bond donors (Lipinski definition) is 2. The summed E-state index contributed by atoms with van der Waals surface area (Å²) in [6.07, 6.45) is 2.89. The highest BCUT2D eigenvalue weighted by atomic mass is 32.2. The van der Waals surface area contributed by atoms with E-state index in [1.807, 2.05) is 12.3 Å². The number of hydrogen-bond acceptors (Lipinski definition) is 10. The van der Waals surface area contributed by atoms with Crippen LogP contribution in [0.4, 0.5) is 27.7 Å². The number of nitrogens with one attached hydrogen (secondary N) is 1. The van der Waals surface area contributed by atoms with Crippen molar-refractivity contribution in [1.29, 1.82) is 0 Å². The van der Waals surface area contributed by atoms with Crippen molar-refractivity contribution in [2.45, 2.75) is 64.5 Å². The topological polar surface area (TPSA) is 121 Å². The normalized spacial score (nSPS) is 23.7. The number of aliphatic hydroxyl groups is 1. The summed E-state index contributed by atoms with van der Waals surface area (Å²) in [5.74, 6) is 2.20. The number of aromatic nitrogens is 3. The predicted molar refractivity (Wildman–Crippen MR) is 164 cm³/mol. The Balaban J connectivity index is 1.34. The molecule has 0 amide bonds. The number of anilines is 4. The lowest BCUT2D eigenvalue weighted by molar-refractivity contribution is -0.0458. The average Bonchev–Trinajstić information content (AvgIpc) is 2.93. The van der Waals surface area contributed by atoms with Crippen LogP contribution in [0.2, 0.25) is 0 Å². The molecule has 4 heterocycles. The Hall–Kier alpha value is -3.09. The van der Waals surface area contributed by atoms with Gasteiger partial charge in [0.1, 0.15) is 27.6 Å². The Kier molecular flexibility index (Phi) is 8.86. The molecular weight excluding hydrogens is 559 g/mol. The van der Waals surface area contributed by atoms with Gasteiger partial charge in [0, 0.05) is 54.8 Å². The molecule has 3 aromatic rings. The highest BCUT2D eigenvalue weighted by Gasteiger charge is 2.38. The molecule has 2 aliphatic heterocycles. The summed E-state index contributed by atoms with van der Waals surface area (Å²) >= 11 is 0. The van der Waals surface area contributed by atoms with E-state index in [4.69, 9.17) is 9.72 Å². The molecule has 2 aliphatic rings. The fraction of sp³-hybridized carbons (Fsp3) is 0.567. The van der Waals surface area contributed by atoms with Crippen LogP contribution in [0.25, 0.3) is 10.8 Å². The molecule has 5 rings (SSSR count). The molecule has 2 saturated heterocycles. The summed E-state index contributed by atoms with van der Waals surface area (Å²) in [6.45, 7) is 9.47. The van der Waals surface area contributed by atoms with Crippen LogP contribution in [0.1, 0.15) is 45.6 Å². The third kappa shape index (κ3) is 6.76. The number of alkyl halides is 1. The van der Waals surface area contributed by atoms with Crippen LogP contribution in [0, 0.1) is 5.92 Å². The number of fused-ring (bicyclic) bond motifs is 1. The number of ether oxygens (including phenoxy) is 1. The maximum Gasteiger partial charge on any atom is 0.227 e. The highest BCUT2D eigenvalue weighted by molar-refractivity contribution is 7.90. The summed E-state index contributed by atoms with van der Waals surface area (Å²) in [7, 11) is -3.03. The van der Waals surface area contributed by atoms with Gasteiger partial charge >= 0.3 is 0 Å². The zero-order chi connectivity index (χ0) is 30.2. The second kappa shape index (κ2) is 12.3. The number of halogens is 1. The SMILES string of the molecule is CC(C)c1ccc(N2C[C@H](CS(C)(=O)=O)[C@H]2C)c2cnc(Nc3ccnc(N4CC[C@@H](OC[C@@H](C)O)[C@@H](F)C4)n3)cc12. The van der Waals surface area contributed by atoms with Crippen molar-refractivity contribution < 1.29 is 22.7 Å². The van der Waals surface area contributed by atoms with Gasteiger partial charge in [-0.25, -0.2) is 22.8 Å². The second-order valence-corrected chi connectivity index (χ2v) is 14.2. The Bertz CT molecular complexity index is 1520. The molecule has 228 valence electrons. The fourth-order valence-electron chi connectivity index (χ4n) is 5.87. The minimum absolute atomic E-state index is 0.107. The van der Waals surface area contributed by atoms with Crippen molar-refractivity contribution in [3.8, 4) is 0 Å². The average molecular weight is 601 g/mol. The van der Waals surface area contributed by atoms with E-state index in [1.165, 1.54) is 11.8 Å². The van der Waals surface area contributed by atoms with Gasteiger partial charge in [-0.05, 0) is 55.3 Å². The standard InChI is InChI=1S/C30H41FN6O4S/c1-18(2)22-6-7-26(37-14-21(20(37)4)17-42(5,39)40)24-13-33-29(12-23(22)24)34-28-8-10-32-30(35-28)36-11-9-27(25(31)15-36)41-16-19(3)38/h6-8,10,12-13,18-21,25,27,38H,9,11,14-17H2,1-5H3,(H,32,33,34,35)/t19-,20-,21-,25+,27-/m1/s1.